The first kappa shape index (κ1) is 15.9. The van der Waals surface area contributed by atoms with Gasteiger partial charge in [-0.2, -0.15) is 13.2 Å². The summed E-state index contributed by atoms with van der Waals surface area (Å²) in [6.45, 7) is -1.27. The van der Waals surface area contributed by atoms with E-state index in [-0.39, 0.29) is 18.2 Å². The van der Waals surface area contributed by atoms with Crippen LogP contribution in [0.15, 0.2) is 18.2 Å². The van der Waals surface area contributed by atoms with E-state index in [0.717, 1.165) is 26.8 Å². The standard InChI is InChI=1S/C13H11F3N2OS.ClH/c1-17-12-18-11-9-3-2-8(19-6-13(14,15)16)4-7(9)5-10(11)20-12;/h2-4H,5-6H2,1H3,(H,17,18);1H. The molecule has 0 fully saturated rings. The van der Waals surface area contributed by atoms with Gasteiger partial charge >= 0.3 is 6.18 Å². The maximum absolute atomic E-state index is 12.1. The average Bonchev–Trinajstić information content (AvgIpc) is 2.91. The lowest BCUT2D eigenvalue weighted by atomic mass is 10.1. The Labute approximate surface area is 129 Å². The Morgan fingerprint density at radius 2 is 2.14 bits per heavy atom. The molecule has 0 saturated carbocycles. The summed E-state index contributed by atoms with van der Waals surface area (Å²) >= 11 is 1.56. The lowest BCUT2D eigenvalue weighted by Crippen LogP contribution is -2.19. The lowest BCUT2D eigenvalue weighted by Gasteiger charge is -2.10. The van der Waals surface area contributed by atoms with Gasteiger partial charge in [-0.05, 0) is 23.8 Å². The van der Waals surface area contributed by atoms with Crippen molar-refractivity contribution in [1.29, 1.82) is 0 Å². The number of benzene rings is 1. The van der Waals surface area contributed by atoms with Crippen molar-refractivity contribution in [3.05, 3.63) is 28.6 Å². The van der Waals surface area contributed by atoms with Crippen molar-refractivity contribution < 1.29 is 17.9 Å². The fraction of sp³-hybridized carbons (Fsp3) is 0.308. The quantitative estimate of drug-likeness (QED) is 0.781. The Morgan fingerprint density at radius 3 is 2.81 bits per heavy atom. The summed E-state index contributed by atoms with van der Waals surface area (Å²) in [5.74, 6) is 0.241. The molecule has 2 aromatic rings. The van der Waals surface area contributed by atoms with Crippen LogP contribution >= 0.6 is 23.7 Å². The fourth-order valence-corrected chi connectivity index (χ4v) is 3.12. The minimum absolute atomic E-state index is 0. The second-order valence-corrected chi connectivity index (χ2v) is 5.52. The van der Waals surface area contributed by atoms with E-state index in [1.54, 1.807) is 29.5 Å². The minimum Gasteiger partial charge on any atom is -0.484 e. The van der Waals surface area contributed by atoms with Crippen LogP contribution in [0.4, 0.5) is 18.3 Å². The molecule has 1 aromatic heterocycles. The van der Waals surface area contributed by atoms with Crippen LogP contribution in [-0.4, -0.2) is 24.8 Å². The van der Waals surface area contributed by atoms with Crippen molar-refractivity contribution in [2.24, 2.45) is 0 Å². The summed E-state index contributed by atoms with van der Waals surface area (Å²) in [6.07, 6.45) is -3.63. The number of fused-ring (bicyclic) bond motifs is 3. The van der Waals surface area contributed by atoms with Gasteiger partial charge in [0.15, 0.2) is 11.7 Å². The number of alkyl halides is 3. The molecule has 0 bridgehead atoms. The second kappa shape index (κ2) is 5.73. The van der Waals surface area contributed by atoms with Crippen LogP contribution < -0.4 is 10.1 Å². The molecule has 0 saturated heterocycles. The zero-order valence-corrected chi connectivity index (χ0v) is 12.6. The molecule has 3 rings (SSSR count). The molecule has 1 aliphatic rings. The maximum Gasteiger partial charge on any atom is 0.422 e. The Kier molecular flexibility index (Phi) is 4.34. The van der Waals surface area contributed by atoms with E-state index in [9.17, 15) is 13.2 Å². The monoisotopic (exact) mass is 336 g/mol. The number of nitrogens with one attached hydrogen (secondary N) is 1. The van der Waals surface area contributed by atoms with Gasteiger partial charge in [-0.15, -0.1) is 23.7 Å². The zero-order valence-electron chi connectivity index (χ0n) is 11.0. The number of nitrogens with zero attached hydrogens (tertiary/aromatic N) is 1. The highest BCUT2D eigenvalue weighted by molar-refractivity contribution is 7.16. The number of hydrogen-bond donors (Lipinski definition) is 1. The van der Waals surface area contributed by atoms with Crippen LogP contribution in [-0.2, 0) is 6.42 Å². The third-order valence-electron chi connectivity index (χ3n) is 3.00. The minimum atomic E-state index is -4.32. The van der Waals surface area contributed by atoms with Crippen molar-refractivity contribution in [3.63, 3.8) is 0 Å². The van der Waals surface area contributed by atoms with Gasteiger partial charge in [0.25, 0.3) is 0 Å². The van der Waals surface area contributed by atoms with Crippen molar-refractivity contribution in [2.45, 2.75) is 12.6 Å². The van der Waals surface area contributed by atoms with Crippen molar-refractivity contribution >= 4 is 28.9 Å². The molecule has 0 aliphatic heterocycles. The topological polar surface area (TPSA) is 34.2 Å². The fourth-order valence-electron chi connectivity index (χ4n) is 2.16. The van der Waals surface area contributed by atoms with Gasteiger partial charge in [-0.25, -0.2) is 4.98 Å². The molecule has 21 heavy (non-hydrogen) atoms. The first-order valence-electron chi connectivity index (χ1n) is 5.96. The molecule has 0 amide bonds. The highest BCUT2D eigenvalue weighted by atomic mass is 35.5. The molecule has 1 aliphatic carbocycles. The normalized spacial score (nSPS) is 12.4. The molecule has 0 unspecified atom stereocenters. The molecular weight excluding hydrogens is 325 g/mol. The average molecular weight is 337 g/mol. The van der Waals surface area contributed by atoms with Gasteiger partial charge in [0.2, 0.25) is 0 Å². The van der Waals surface area contributed by atoms with Crippen molar-refractivity contribution in [1.82, 2.24) is 4.98 Å². The van der Waals surface area contributed by atoms with E-state index >= 15 is 0 Å². The number of thiazole rings is 1. The van der Waals surface area contributed by atoms with Crippen LogP contribution in [0.3, 0.4) is 0 Å². The summed E-state index contributed by atoms with van der Waals surface area (Å²) in [4.78, 5) is 5.57. The number of hydrogen-bond acceptors (Lipinski definition) is 4. The van der Waals surface area contributed by atoms with E-state index < -0.39 is 12.8 Å². The molecule has 1 N–H and O–H groups in total. The summed E-state index contributed by atoms with van der Waals surface area (Å²) < 4.78 is 41.1. The highest BCUT2D eigenvalue weighted by Gasteiger charge is 2.29. The number of aromatic nitrogens is 1. The van der Waals surface area contributed by atoms with Crippen LogP contribution in [0.25, 0.3) is 11.3 Å². The molecule has 0 spiro atoms. The molecular formula is C13H12ClF3N2OS. The molecule has 3 nitrogen and oxygen atoms in total. The highest BCUT2D eigenvalue weighted by Crippen LogP contribution is 2.42. The number of ether oxygens (including phenoxy) is 1. The number of halogens is 4. The van der Waals surface area contributed by atoms with Gasteiger partial charge in [-0.3, -0.25) is 0 Å². The van der Waals surface area contributed by atoms with Crippen LogP contribution in [0, 0.1) is 0 Å². The van der Waals surface area contributed by atoms with E-state index in [0.29, 0.717) is 6.42 Å². The van der Waals surface area contributed by atoms with Gasteiger partial charge in [0.1, 0.15) is 5.75 Å². The van der Waals surface area contributed by atoms with E-state index in [1.807, 2.05) is 7.05 Å². The van der Waals surface area contributed by atoms with Gasteiger partial charge in [0, 0.05) is 23.9 Å². The Balaban J connectivity index is 0.00000161. The zero-order chi connectivity index (χ0) is 14.3. The van der Waals surface area contributed by atoms with E-state index in [4.69, 9.17) is 4.74 Å². The Hall–Kier alpha value is -1.47. The SMILES string of the molecule is CNc1nc2c(s1)Cc1cc(OCC(F)(F)F)ccc1-2.Cl. The largest absolute Gasteiger partial charge is 0.484 e. The van der Waals surface area contributed by atoms with E-state index in [2.05, 4.69) is 10.3 Å². The van der Waals surface area contributed by atoms with Gasteiger partial charge in [0.05, 0.1) is 5.69 Å². The Bertz CT molecular complexity index is 657. The van der Waals surface area contributed by atoms with Crippen molar-refractivity contribution in [2.75, 3.05) is 19.0 Å². The number of rotatable bonds is 3. The summed E-state index contributed by atoms with van der Waals surface area (Å²) in [6, 6.07) is 4.98. The predicted molar refractivity (Wildman–Crippen MR) is 78.7 cm³/mol. The summed E-state index contributed by atoms with van der Waals surface area (Å²) in [7, 11) is 1.81. The van der Waals surface area contributed by atoms with E-state index in [1.165, 1.54) is 0 Å². The molecule has 8 heteroatoms. The predicted octanol–water partition coefficient (Wildman–Crippen LogP) is 4.12. The second-order valence-electron chi connectivity index (χ2n) is 4.44. The molecule has 1 aromatic carbocycles. The third kappa shape index (κ3) is 3.24. The molecule has 1 heterocycles. The molecule has 0 radical (unpaired) electrons. The smallest absolute Gasteiger partial charge is 0.422 e. The molecule has 114 valence electrons. The van der Waals surface area contributed by atoms with Gasteiger partial charge in [-0.1, -0.05) is 0 Å². The van der Waals surface area contributed by atoms with Gasteiger partial charge < -0.3 is 10.1 Å². The first-order chi connectivity index (χ1) is 9.46. The number of anilines is 1. The van der Waals surface area contributed by atoms with Crippen molar-refractivity contribution in [3.8, 4) is 17.0 Å². The maximum atomic E-state index is 12.1. The van der Waals surface area contributed by atoms with Crippen LogP contribution in [0.2, 0.25) is 0 Å². The summed E-state index contributed by atoms with van der Waals surface area (Å²) in [5.41, 5.74) is 2.84. The third-order valence-corrected chi connectivity index (χ3v) is 4.07. The summed E-state index contributed by atoms with van der Waals surface area (Å²) in [5, 5.41) is 3.84. The van der Waals surface area contributed by atoms with Crippen LogP contribution in [0.1, 0.15) is 10.4 Å². The Morgan fingerprint density at radius 1 is 1.38 bits per heavy atom. The first-order valence-corrected chi connectivity index (χ1v) is 6.78. The lowest BCUT2D eigenvalue weighted by molar-refractivity contribution is -0.153. The van der Waals surface area contributed by atoms with Crippen LogP contribution in [0.5, 0.6) is 5.75 Å². The molecule has 0 atom stereocenters.